The van der Waals surface area contributed by atoms with Crippen molar-refractivity contribution >= 4 is 10.0 Å². The Morgan fingerprint density at radius 2 is 2.11 bits per heavy atom. The zero-order valence-electron chi connectivity index (χ0n) is 5.29. The quantitative estimate of drug-likeness (QED) is 0.563. The molecule has 0 saturated carbocycles. The molecule has 0 aromatic rings. The van der Waals surface area contributed by atoms with E-state index in [1.165, 1.54) is 4.89 Å². The third-order valence-corrected chi connectivity index (χ3v) is 2.01. The molecule has 0 aliphatic rings. The highest BCUT2D eigenvalue weighted by molar-refractivity contribution is 7.89. The first-order valence-corrected chi connectivity index (χ1v) is 4.41. The van der Waals surface area contributed by atoms with Crippen LogP contribution < -0.4 is 4.89 Å². The average Bonchev–Trinajstić information content (AvgIpc) is 1.84. The van der Waals surface area contributed by atoms with Crippen LogP contribution in [0, 0.1) is 0 Å². The number of unbranched alkanes of at least 4 members (excludes halogenated alkanes) is 1. The van der Waals surface area contributed by atoms with Crippen molar-refractivity contribution in [2.24, 2.45) is 0 Å². The van der Waals surface area contributed by atoms with Crippen molar-refractivity contribution in [3.05, 3.63) is 0 Å². The molecule has 0 rings (SSSR count). The predicted octanol–water partition coefficient (Wildman–Crippen LogP) is 0.0951. The van der Waals surface area contributed by atoms with Crippen molar-refractivity contribution in [1.82, 2.24) is 4.89 Å². The summed E-state index contributed by atoms with van der Waals surface area (Å²) >= 11 is 0. The van der Waals surface area contributed by atoms with Gasteiger partial charge in [0.25, 0.3) is 0 Å². The van der Waals surface area contributed by atoms with E-state index in [0.717, 1.165) is 6.42 Å². The summed E-state index contributed by atoms with van der Waals surface area (Å²) in [6.45, 7) is 1.88. The van der Waals surface area contributed by atoms with Gasteiger partial charge in [-0.25, -0.2) is 8.42 Å². The van der Waals surface area contributed by atoms with Crippen molar-refractivity contribution in [2.45, 2.75) is 19.8 Å². The van der Waals surface area contributed by atoms with Crippen molar-refractivity contribution in [1.29, 1.82) is 0 Å². The van der Waals surface area contributed by atoms with Gasteiger partial charge < -0.3 is 5.21 Å². The maximum atomic E-state index is 10.4. The van der Waals surface area contributed by atoms with Crippen LogP contribution in [0.15, 0.2) is 0 Å². The second-order valence-electron chi connectivity index (χ2n) is 1.76. The van der Waals surface area contributed by atoms with E-state index in [2.05, 4.69) is 0 Å². The van der Waals surface area contributed by atoms with Crippen molar-refractivity contribution in [3.8, 4) is 0 Å². The third-order valence-electron chi connectivity index (χ3n) is 0.906. The van der Waals surface area contributed by atoms with E-state index < -0.39 is 10.0 Å². The van der Waals surface area contributed by atoms with E-state index in [1.54, 1.807) is 0 Å². The first-order chi connectivity index (χ1) is 4.12. The molecule has 0 fully saturated rings. The summed E-state index contributed by atoms with van der Waals surface area (Å²) in [5.74, 6) is 0. The minimum Gasteiger partial charge on any atom is -0.302 e. The van der Waals surface area contributed by atoms with E-state index in [1.807, 2.05) is 6.92 Å². The second-order valence-corrected chi connectivity index (χ2v) is 3.58. The van der Waals surface area contributed by atoms with Gasteiger partial charge in [0.15, 0.2) is 0 Å². The summed E-state index contributed by atoms with van der Waals surface area (Å²) in [7, 11) is -3.38. The molecule has 0 aromatic heterocycles. The van der Waals surface area contributed by atoms with Crippen LogP contribution in [0.1, 0.15) is 19.8 Å². The topological polar surface area (TPSA) is 66.4 Å². The van der Waals surface area contributed by atoms with Crippen LogP contribution in [0.25, 0.3) is 0 Å². The lowest BCUT2D eigenvalue weighted by Gasteiger charge is -1.96. The molecule has 4 nitrogen and oxygen atoms in total. The third kappa shape index (κ3) is 4.38. The molecule has 0 aliphatic heterocycles. The second kappa shape index (κ2) is 3.81. The summed E-state index contributed by atoms with van der Waals surface area (Å²) in [6.07, 6.45) is 1.39. The number of nitrogens with one attached hydrogen (secondary N) is 1. The van der Waals surface area contributed by atoms with Gasteiger partial charge in [-0.1, -0.05) is 18.2 Å². The predicted molar refractivity (Wildman–Crippen MR) is 33.6 cm³/mol. The standard InChI is InChI=1S/C4H11NO3S/c1-2-3-4-9(7,8)5-6/h5-6H,2-4H2,1H3. The fourth-order valence-electron chi connectivity index (χ4n) is 0.380. The summed E-state index contributed by atoms with van der Waals surface area (Å²) in [5, 5.41) is 7.98. The molecule has 0 bridgehead atoms. The Labute approximate surface area is 54.9 Å². The molecule has 56 valence electrons. The van der Waals surface area contributed by atoms with Gasteiger partial charge in [0.05, 0.1) is 5.75 Å². The van der Waals surface area contributed by atoms with Gasteiger partial charge in [-0.2, -0.15) is 0 Å². The van der Waals surface area contributed by atoms with E-state index in [9.17, 15) is 8.42 Å². The molecule has 9 heavy (non-hydrogen) atoms. The molecule has 0 radical (unpaired) electrons. The highest BCUT2D eigenvalue weighted by Gasteiger charge is 2.04. The van der Waals surface area contributed by atoms with Gasteiger partial charge in [0.1, 0.15) is 0 Å². The highest BCUT2D eigenvalue weighted by Crippen LogP contribution is 1.90. The maximum Gasteiger partial charge on any atom is 0.233 e. The van der Waals surface area contributed by atoms with Gasteiger partial charge >= 0.3 is 0 Å². The van der Waals surface area contributed by atoms with Crippen LogP contribution in [0.5, 0.6) is 0 Å². The van der Waals surface area contributed by atoms with Crippen LogP contribution in [0.4, 0.5) is 0 Å². The van der Waals surface area contributed by atoms with E-state index >= 15 is 0 Å². The van der Waals surface area contributed by atoms with Crippen LogP contribution >= 0.6 is 0 Å². The largest absolute Gasteiger partial charge is 0.302 e. The first-order valence-electron chi connectivity index (χ1n) is 2.76. The van der Waals surface area contributed by atoms with E-state index in [0.29, 0.717) is 6.42 Å². The Bertz CT molecular complexity index is 151. The van der Waals surface area contributed by atoms with E-state index in [4.69, 9.17) is 5.21 Å². The van der Waals surface area contributed by atoms with Crippen molar-refractivity contribution in [2.75, 3.05) is 5.75 Å². The number of hydrogen-bond donors (Lipinski definition) is 2. The molecular weight excluding hydrogens is 142 g/mol. The number of hydrogen-bond acceptors (Lipinski definition) is 3. The smallest absolute Gasteiger partial charge is 0.233 e. The van der Waals surface area contributed by atoms with Crippen LogP contribution in [0.2, 0.25) is 0 Å². The fourth-order valence-corrected chi connectivity index (χ4v) is 1.14. The number of rotatable bonds is 4. The van der Waals surface area contributed by atoms with Gasteiger partial charge in [-0.05, 0) is 6.42 Å². The van der Waals surface area contributed by atoms with Crippen molar-refractivity contribution < 1.29 is 13.6 Å². The molecule has 0 amide bonds. The van der Waals surface area contributed by atoms with Crippen LogP contribution in [-0.4, -0.2) is 19.4 Å². The molecule has 0 heterocycles. The van der Waals surface area contributed by atoms with Gasteiger partial charge in [-0.3, -0.25) is 0 Å². The molecule has 0 spiro atoms. The lowest BCUT2D eigenvalue weighted by atomic mass is 10.4. The summed E-state index contributed by atoms with van der Waals surface area (Å²) < 4.78 is 20.8. The minimum absolute atomic E-state index is 0. The first kappa shape index (κ1) is 8.87. The molecule has 0 atom stereocenters. The maximum absolute atomic E-state index is 10.4. The zero-order chi connectivity index (χ0) is 7.33. The Morgan fingerprint density at radius 1 is 1.56 bits per heavy atom. The molecule has 0 unspecified atom stereocenters. The normalized spacial score (nSPS) is 11.8. The van der Waals surface area contributed by atoms with Crippen LogP contribution in [0.3, 0.4) is 0 Å². The molecule has 0 aromatic carbocycles. The molecular formula is C4H11NO3S. The zero-order valence-corrected chi connectivity index (χ0v) is 6.11. The molecule has 0 saturated heterocycles. The Kier molecular flexibility index (Phi) is 3.76. The number of sulfonamides is 1. The molecule has 0 aliphatic carbocycles. The average molecular weight is 153 g/mol. The van der Waals surface area contributed by atoms with Crippen LogP contribution in [-0.2, 0) is 10.0 Å². The summed E-state index contributed by atoms with van der Waals surface area (Å²) in [4.78, 5) is 1.25. The SMILES string of the molecule is CCCCS(=O)(=O)NO. The highest BCUT2D eigenvalue weighted by atomic mass is 32.2. The van der Waals surface area contributed by atoms with Gasteiger partial charge in [0.2, 0.25) is 10.0 Å². The lowest BCUT2D eigenvalue weighted by Crippen LogP contribution is -2.22. The van der Waals surface area contributed by atoms with Gasteiger partial charge in [0, 0.05) is 0 Å². The van der Waals surface area contributed by atoms with Crippen molar-refractivity contribution in [3.63, 3.8) is 0 Å². The summed E-state index contributed by atoms with van der Waals surface area (Å²) in [6, 6.07) is 0. The fraction of sp³-hybridized carbons (Fsp3) is 1.00. The lowest BCUT2D eigenvalue weighted by molar-refractivity contribution is 0.242. The molecule has 5 heteroatoms. The van der Waals surface area contributed by atoms with Gasteiger partial charge in [-0.15, -0.1) is 0 Å². The summed E-state index contributed by atoms with van der Waals surface area (Å²) in [5.41, 5.74) is 0. The Morgan fingerprint density at radius 3 is 2.44 bits per heavy atom. The monoisotopic (exact) mass is 153 g/mol. The van der Waals surface area contributed by atoms with E-state index in [-0.39, 0.29) is 5.75 Å². The Hall–Kier alpha value is -0.130. The minimum atomic E-state index is -3.38. The Balaban J connectivity index is 3.61. The molecule has 2 N–H and O–H groups in total.